The van der Waals surface area contributed by atoms with Crippen molar-refractivity contribution < 1.29 is 8.83 Å². The second-order valence-corrected chi connectivity index (χ2v) is 4.31. The van der Waals surface area contributed by atoms with Crippen LogP contribution in [0.25, 0.3) is 11.3 Å². The van der Waals surface area contributed by atoms with Crippen LogP contribution in [0.4, 0.5) is 0 Å². The van der Waals surface area contributed by atoms with E-state index >= 15 is 0 Å². The summed E-state index contributed by atoms with van der Waals surface area (Å²) in [6, 6.07) is 18.0. The van der Waals surface area contributed by atoms with Gasteiger partial charge >= 0.3 is 0 Å². The summed E-state index contributed by atoms with van der Waals surface area (Å²) in [5.74, 6) is 2.87. The van der Waals surface area contributed by atoms with E-state index < -0.39 is 0 Å². The van der Waals surface area contributed by atoms with Gasteiger partial charge in [0, 0.05) is 5.56 Å². The number of hydrogen-bond acceptors (Lipinski definition) is 2. The van der Waals surface area contributed by atoms with E-state index in [1.165, 1.54) is 0 Å². The highest BCUT2D eigenvalue weighted by Gasteiger charge is 2.15. The van der Waals surface area contributed by atoms with Crippen molar-refractivity contribution in [2.45, 2.75) is 12.8 Å². The summed E-state index contributed by atoms with van der Waals surface area (Å²) in [5, 5.41) is 0. The van der Waals surface area contributed by atoms with Gasteiger partial charge in [-0.05, 0) is 31.2 Å². The maximum Gasteiger partial charge on any atom is 0.134 e. The van der Waals surface area contributed by atoms with Gasteiger partial charge in [0.2, 0.25) is 0 Å². The zero-order valence-corrected chi connectivity index (χ0v) is 10.2. The molecule has 0 bridgehead atoms. The van der Waals surface area contributed by atoms with Crippen LogP contribution in [0.1, 0.15) is 24.4 Å². The highest BCUT2D eigenvalue weighted by molar-refractivity contribution is 5.57. The minimum atomic E-state index is 0.137. The molecule has 1 atom stereocenters. The van der Waals surface area contributed by atoms with E-state index in [4.69, 9.17) is 8.83 Å². The zero-order valence-electron chi connectivity index (χ0n) is 10.2. The third-order valence-corrected chi connectivity index (χ3v) is 3.08. The minimum absolute atomic E-state index is 0.137. The van der Waals surface area contributed by atoms with Crippen molar-refractivity contribution in [2.24, 2.45) is 0 Å². The lowest BCUT2D eigenvalue weighted by atomic mass is 10.1. The third-order valence-electron chi connectivity index (χ3n) is 3.08. The molecule has 2 heterocycles. The number of rotatable bonds is 3. The molecule has 0 saturated carbocycles. The molecule has 0 fully saturated rings. The fourth-order valence-corrected chi connectivity index (χ4v) is 2.02. The highest BCUT2D eigenvalue weighted by atomic mass is 16.4. The van der Waals surface area contributed by atoms with Crippen molar-refractivity contribution in [1.82, 2.24) is 0 Å². The molecule has 0 aliphatic rings. The Labute approximate surface area is 106 Å². The van der Waals surface area contributed by atoms with Gasteiger partial charge in [0.1, 0.15) is 17.3 Å². The van der Waals surface area contributed by atoms with Gasteiger partial charge in [-0.25, -0.2) is 0 Å². The summed E-state index contributed by atoms with van der Waals surface area (Å²) in [6.07, 6.45) is 1.69. The van der Waals surface area contributed by atoms with Crippen LogP contribution in [-0.2, 0) is 0 Å². The number of hydrogen-bond donors (Lipinski definition) is 0. The fourth-order valence-electron chi connectivity index (χ4n) is 2.02. The molecule has 90 valence electrons. The third kappa shape index (κ3) is 1.97. The van der Waals surface area contributed by atoms with Gasteiger partial charge in [0.25, 0.3) is 0 Å². The first kappa shape index (κ1) is 10.9. The van der Waals surface area contributed by atoms with E-state index in [2.05, 4.69) is 6.92 Å². The molecule has 3 rings (SSSR count). The van der Waals surface area contributed by atoms with E-state index in [1.807, 2.05) is 54.6 Å². The van der Waals surface area contributed by atoms with Crippen molar-refractivity contribution in [1.29, 1.82) is 0 Å². The first-order valence-electron chi connectivity index (χ1n) is 6.03. The monoisotopic (exact) mass is 238 g/mol. The molecule has 0 aliphatic heterocycles. The van der Waals surface area contributed by atoms with Crippen LogP contribution >= 0.6 is 0 Å². The smallest absolute Gasteiger partial charge is 0.134 e. The Bertz CT molecular complexity index is 606. The molecule has 1 aromatic carbocycles. The van der Waals surface area contributed by atoms with Crippen LogP contribution in [0.15, 0.2) is 69.7 Å². The molecular weight excluding hydrogens is 224 g/mol. The lowest BCUT2D eigenvalue weighted by molar-refractivity contribution is 0.444. The molecule has 1 unspecified atom stereocenters. The standard InChI is InChI=1S/C16H14O2/c1-12(14-8-5-11-17-14)15-9-10-16(18-15)13-6-3-2-4-7-13/h2-12H,1H3. The summed E-state index contributed by atoms with van der Waals surface area (Å²) in [7, 11) is 0. The Morgan fingerprint density at radius 3 is 2.39 bits per heavy atom. The Balaban J connectivity index is 1.90. The predicted molar refractivity (Wildman–Crippen MR) is 70.4 cm³/mol. The lowest BCUT2D eigenvalue weighted by Crippen LogP contribution is -1.90. The minimum Gasteiger partial charge on any atom is -0.469 e. The molecule has 2 nitrogen and oxygen atoms in total. The Morgan fingerprint density at radius 2 is 1.67 bits per heavy atom. The first-order valence-corrected chi connectivity index (χ1v) is 6.03. The van der Waals surface area contributed by atoms with Crippen molar-refractivity contribution in [3.63, 3.8) is 0 Å². The van der Waals surface area contributed by atoms with E-state index in [1.54, 1.807) is 6.26 Å². The van der Waals surface area contributed by atoms with Gasteiger partial charge in [-0.3, -0.25) is 0 Å². The van der Waals surface area contributed by atoms with Crippen molar-refractivity contribution in [3.8, 4) is 11.3 Å². The maximum absolute atomic E-state index is 5.90. The average molecular weight is 238 g/mol. The molecule has 3 aromatic rings. The van der Waals surface area contributed by atoms with E-state index in [-0.39, 0.29) is 5.92 Å². The second-order valence-electron chi connectivity index (χ2n) is 4.31. The van der Waals surface area contributed by atoms with Gasteiger partial charge in [-0.15, -0.1) is 0 Å². The van der Waals surface area contributed by atoms with Crippen LogP contribution in [0.3, 0.4) is 0 Å². The quantitative estimate of drug-likeness (QED) is 0.661. The van der Waals surface area contributed by atoms with Gasteiger partial charge in [0.05, 0.1) is 12.2 Å². The summed E-state index contributed by atoms with van der Waals surface area (Å²) in [4.78, 5) is 0. The van der Waals surface area contributed by atoms with Crippen LogP contribution in [0, 0.1) is 0 Å². The Kier molecular flexibility index (Phi) is 2.77. The molecule has 0 spiro atoms. The lowest BCUT2D eigenvalue weighted by Gasteiger charge is -2.04. The van der Waals surface area contributed by atoms with Gasteiger partial charge < -0.3 is 8.83 Å². The summed E-state index contributed by atoms with van der Waals surface area (Å²) < 4.78 is 11.3. The van der Waals surface area contributed by atoms with Gasteiger partial charge in [0.15, 0.2) is 0 Å². The van der Waals surface area contributed by atoms with Crippen LogP contribution < -0.4 is 0 Å². The number of furan rings is 2. The van der Waals surface area contributed by atoms with Crippen LogP contribution in [-0.4, -0.2) is 0 Å². The van der Waals surface area contributed by atoms with Crippen molar-refractivity contribution in [3.05, 3.63) is 72.4 Å². The molecule has 0 aliphatic carbocycles. The summed E-state index contributed by atoms with van der Waals surface area (Å²) in [5.41, 5.74) is 1.09. The summed E-state index contributed by atoms with van der Waals surface area (Å²) in [6.45, 7) is 2.08. The SMILES string of the molecule is CC(c1ccco1)c1ccc(-c2ccccc2)o1. The molecule has 2 aromatic heterocycles. The maximum atomic E-state index is 5.90. The van der Waals surface area contributed by atoms with Gasteiger partial charge in [-0.1, -0.05) is 30.3 Å². The molecule has 0 N–H and O–H groups in total. The Hall–Kier alpha value is -2.22. The van der Waals surface area contributed by atoms with E-state index in [0.29, 0.717) is 0 Å². The Morgan fingerprint density at radius 1 is 0.833 bits per heavy atom. The molecular formula is C16H14O2. The highest BCUT2D eigenvalue weighted by Crippen LogP contribution is 2.29. The second kappa shape index (κ2) is 4.57. The van der Waals surface area contributed by atoms with E-state index in [9.17, 15) is 0 Å². The molecule has 0 radical (unpaired) electrons. The summed E-state index contributed by atoms with van der Waals surface area (Å²) >= 11 is 0. The van der Waals surface area contributed by atoms with Crippen LogP contribution in [0.5, 0.6) is 0 Å². The predicted octanol–water partition coefficient (Wildman–Crippen LogP) is 4.69. The molecule has 2 heteroatoms. The molecule has 18 heavy (non-hydrogen) atoms. The van der Waals surface area contributed by atoms with Crippen molar-refractivity contribution in [2.75, 3.05) is 0 Å². The van der Waals surface area contributed by atoms with Gasteiger partial charge in [-0.2, -0.15) is 0 Å². The molecule has 0 amide bonds. The van der Waals surface area contributed by atoms with Crippen molar-refractivity contribution >= 4 is 0 Å². The fraction of sp³-hybridized carbons (Fsp3) is 0.125. The van der Waals surface area contributed by atoms with E-state index in [0.717, 1.165) is 22.8 Å². The number of benzene rings is 1. The zero-order chi connectivity index (χ0) is 12.4. The van der Waals surface area contributed by atoms with Crippen LogP contribution in [0.2, 0.25) is 0 Å². The first-order chi connectivity index (χ1) is 8.84. The molecule has 0 saturated heterocycles. The largest absolute Gasteiger partial charge is 0.469 e. The topological polar surface area (TPSA) is 26.3 Å². The normalized spacial score (nSPS) is 12.5. The average Bonchev–Trinajstić information content (AvgIpc) is 3.10.